The van der Waals surface area contributed by atoms with Crippen molar-refractivity contribution in [3.8, 4) is 0 Å². The van der Waals surface area contributed by atoms with Crippen LogP contribution in [0, 0.1) is 6.92 Å². The molecule has 0 radical (unpaired) electrons. The molecular formula is C18H14ClNO3S. The summed E-state index contributed by atoms with van der Waals surface area (Å²) in [5, 5.41) is 12.7. The summed E-state index contributed by atoms with van der Waals surface area (Å²) >= 11 is 10.4. The molecule has 4 nitrogen and oxygen atoms in total. The summed E-state index contributed by atoms with van der Waals surface area (Å²) in [6.07, 6.45) is 0.656. The smallest absolute Gasteiger partial charge is 0.335 e. The monoisotopic (exact) mass is 359 g/mol. The summed E-state index contributed by atoms with van der Waals surface area (Å²) < 4.78 is 0. The van der Waals surface area contributed by atoms with Gasteiger partial charge in [0, 0.05) is 16.5 Å². The van der Waals surface area contributed by atoms with Crippen molar-refractivity contribution >= 4 is 41.8 Å². The topological polar surface area (TPSA) is 66.4 Å². The first-order valence-corrected chi connectivity index (χ1v) is 8.35. The highest BCUT2D eigenvalue weighted by Crippen LogP contribution is 2.65. The molecule has 0 bridgehead atoms. The first-order chi connectivity index (χ1) is 11.3. The summed E-state index contributed by atoms with van der Waals surface area (Å²) in [6, 6.07) is 8.94. The Bertz CT molecular complexity index is 927. The van der Waals surface area contributed by atoms with Crippen molar-refractivity contribution in [2.45, 2.75) is 29.6 Å². The van der Waals surface area contributed by atoms with E-state index in [0.717, 1.165) is 16.8 Å². The zero-order chi connectivity index (χ0) is 17.2. The zero-order valence-electron chi connectivity index (χ0n) is 12.8. The molecule has 1 saturated carbocycles. The van der Waals surface area contributed by atoms with E-state index in [2.05, 4.69) is 17.9 Å². The van der Waals surface area contributed by atoms with Crippen molar-refractivity contribution < 1.29 is 14.7 Å². The van der Waals surface area contributed by atoms with Crippen LogP contribution in [0.1, 0.15) is 39.4 Å². The number of carboxylic acids is 1. The number of aryl methyl sites for hydroxylation is 1. The Hall–Kier alpha value is -1.98. The van der Waals surface area contributed by atoms with Crippen LogP contribution in [0.4, 0.5) is 5.69 Å². The number of carbonyl (C=O) groups is 2. The van der Waals surface area contributed by atoms with Gasteiger partial charge in [0.1, 0.15) is 0 Å². The quantitative estimate of drug-likeness (QED) is 0.710. The molecule has 1 aliphatic heterocycles. The SMILES string of the molecule is Cc1ccc(C2CC23C(=O)Nc2cc(Cl)c(S)cc23)cc1C(=O)O. The Balaban J connectivity index is 1.79. The van der Waals surface area contributed by atoms with Gasteiger partial charge in [-0.3, -0.25) is 4.79 Å². The van der Waals surface area contributed by atoms with Gasteiger partial charge >= 0.3 is 5.97 Å². The van der Waals surface area contributed by atoms with E-state index in [1.807, 2.05) is 12.1 Å². The number of amides is 1. The molecule has 1 heterocycles. The lowest BCUT2D eigenvalue weighted by Crippen LogP contribution is -2.21. The second-order valence-corrected chi connectivity index (χ2v) is 7.30. The second kappa shape index (κ2) is 5.01. The number of rotatable bonds is 2. The number of halogens is 1. The molecule has 6 heteroatoms. The summed E-state index contributed by atoms with van der Waals surface area (Å²) in [5.74, 6) is -1.05. The fourth-order valence-corrected chi connectivity index (χ4v) is 4.05. The number of thiol groups is 1. The van der Waals surface area contributed by atoms with E-state index >= 15 is 0 Å². The molecule has 2 aromatic rings. The molecule has 24 heavy (non-hydrogen) atoms. The maximum Gasteiger partial charge on any atom is 0.335 e. The highest BCUT2D eigenvalue weighted by Gasteiger charge is 2.65. The Labute approximate surface area is 149 Å². The number of fused-ring (bicyclic) bond motifs is 2. The molecule has 1 aliphatic carbocycles. The van der Waals surface area contributed by atoms with Crippen LogP contribution in [0.15, 0.2) is 35.2 Å². The van der Waals surface area contributed by atoms with Crippen LogP contribution < -0.4 is 5.32 Å². The van der Waals surface area contributed by atoms with Gasteiger partial charge in [0.25, 0.3) is 0 Å². The van der Waals surface area contributed by atoms with Gasteiger partial charge in [0.05, 0.1) is 16.0 Å². The number of hydrogen-bond donors (Lipinski definition) is 3. The number of carbonyl (C=O) groups excluding carboxylic acids is 1. The molecule has 4 rings (SSSR count). The van der Waals surface area contributed by atoms with Gasteiger partial charge in [-0.05, 0) is 48.2 Å². The Morgan fingerprint density at radius 3 is 2.83 bits per heavy atom. The minimum absolute atomic E-state index is 0.0358. The number of benzene rings is 2. The fraction of sp³-hybridized carbons (Fsp3) is 0.222. The predicted molar refractivity (Wildman–Crippen MR) is 94.5 cm³/mol. The molecule has 1 amide bonds. The van der Waals surface area contributed by atoms with E-state index < -0.39 is 11.4 Å². The summed E-state index contributed by atoms with van der Waals surface area (Å²) in [6.45, 7) is 1.77. The van der Waals surface area contributed by atoms with Crippen molar-refractivity contribution in [3.63, 3.8) is 0 Å². The van der Waals surface area contributed by atoms with Crippen LogP contribution in [-0.4, -0.2) is 17.0 Å². The second-order valence-electron chi connectivity index (χ2n) is 6.41. The largest absolute Gasteiger partial charge is 0.478 e. The molecule has 2 aromatic carbocycles. The van der Waals surface area contributed by atoms with E-state index in [4.69, 9.17) is 11.6 Å². The van der Waals surface area contributed by atoms with Crippen LogP contribution in [0.25, 0.3) is 0 Å². The number of carboxylic acid groups (broad SMARTS) is 1. The van der Waals surface area contributed by atoms with E-state index in [1.165, 1.54) is 0 Å². The molecule has 1 fully saturated rings. The fourth-order valence-electron chi connectivity index (χ4n) is 3.69. The van der Waals surface area contributed by atoms with Gasteiger partial charge in [0.15, 0.2) is 0 Å². The molecule has 122 valence electrons. The van der Waals surface area contributed by atoms with Crippen molar-refractivity contribution in [3.05, 3.63) is 57.6 Å². The summed E-state index contributed by atoms with van der Waals surface area (Å²) in [7, 11) is 0. The lowest BCUT2D eigenvalue weighted by Gasteiger charge is -2.11. The minimum atomic E-state index is -0.954. The molecule has 2 aliphatic rings. The number of anilines is 1. The predicted octanol–water partition coefficient (Wildman–Crippen LogP) is 4.01. The third-order valence-electron chi connectivity index (χ3n) is 5.08. The average Bonchev–Trinajstić information content (AvgIpc) is 3.21. The molecule has 1 spiro atoms. The molecule has 0 aromatic heterocycles. The lowest BCUT2D eigenvalue weighted by molar-refractivity contribution is -0.118. The standard InChI is InChI=1S/C18H14ClNO3S/c1-8-2-3-9(4-10(8)16(21)22)12-7-18(12)11-5-15(24)13(19)6-14(11)20-17(18)23/h2-6,12,24H,7H2,1H3,(H,20,23)(H,21,22). The van der Waals surface area contributed by atoms with Crippen LogP contribution in [0.2, 0.25) is 5.02 Å². The van der Waals surface area contributed by atoms with Gasteiger partial charge in [-0.25, -0.2) is 4.79 Å². The lowest BCUT2D eigenvalue weighted by atomic mass is 9.91. The van der Waals surface area contributed by atoms with Crippen LogP contribution in [0.3, 0.4) is 0 Å². The highest BCUT2D eigenvalue weighted by molar-refractivity contribution is 7.80. The van der Waals surface area contributed by atoms with E-state index in [-0.39, 0.29) is 17.4 Å². The Morgan fingerprint density at radius 2 is 2.12 bits per heavy atom. The molecule has 2 atom stereocenters. The van der Waals surface area contributed by atoms with Gasteiger partial charge in [0.2, 0.25) is 5.91 Å². The van der Waals surface area contributed by atoms with Gasteiger partial charge in [-0.15, -0.1) is 12.6 Å². The average molecular weight is 360 g/mol. The van der Waals surface area contributed by atoms with Crippen molar-refractivity contribution in [1.29, 1.82) is 0 Å². The van der Waals surface area contributed by atoms with Gasteiger partial charge in [-0.2, -0.15) is 0 Å². The normalized spacial score (nSPS) is 24.0. The Kier molecular flexibility index (Phi) is 3.24. The van der Waals surface area contributed by atoms with Crippen molar-refractivity contribution in [2.24, 2.45) is 0 Å². The van der Waals surface area contributed by atoms with Gasteiger partial charge in [-0.1, -0.05) is 23.7 Å². The molecular weight excluding hydrogens is 346 g/mol. The van der Waals surface area contributed by atoms with E-state index in [9.17, 15) is 14.7 Å². The third kappa shape index (κ3) is 2.01. The van der Waals surface area contributed by atoms with Crippen LogP contribution in [-0.2, 0) is 10.2 Å². The highest BCUT2D eigenvalue weighted by atomic mass is 35.5. The maximum absolute atomic E-state index is 12.6. The minimum Gasteiger partial charge on any atom is -0.478 e. The molecule has 0 saturated heterocycles. The third-order valence-corrected chi connectivity index (χ3v) is 5.89. The number of aromatic carboxylic acids is 1. The maximum atomic E-state index is 12.6. The van der Waals surface area contributed by atoms with Crippen molar-refractivity contribution in [2.75, 3.05) is 5.32 Å². The van der Waals surface area contributed by atoms with E-state index in [1.54, 1.807) is 25.1 Å². The number of hydrogen-bond acceptors (Lipinski definition) is 3. The number of nitrogens with one attached hydrogen (secondary N) is 1. The molecule has 2 N–H and O–H groups in total. The van der Waals surface area contributed by atoms with Crippen molar-refractivity contribution in [1.82, 2.24) is 0 Å². The van der Waals surface area contributed by atoms with Gasteiger partial charge < -0.3 is 10.4 Å². The Morgan fingerprint density at radius 1 is 1.38 bits per heavy atom. The van der Waals surface area contributed by atoms with Crippen LogP contribution in [0.5, 0.6) is 0 Å². The van der Waals surface area contributed by atoms with E-state index in [0.29, 0.717) is 21.9 Å². The first kappa shape index (κ1) is 15.5. The summed E-state index contributed by atoms with van der Waals surface area (Å²) in [4.78, 5) is 24.6. The van der Waals surface area contributed by atoms with Crippen LogP contribution >= 0.6 is 24.2 Å². The zero-order valence-corrected chi connectivity index (χ0v) is 14.4. The first-order valence-electron chi connectivity index (χ1n) is 7.53. The molecule has 2 unspecified atom stereocenters. The summed E-state index contributed by atoms with van der Waals surface area (Å²) in [5.41, 5.74) is 2.83.